The maximum absolute atomic E-state index is 5.50. The molecule has 90 valence electrons. The second-order valence-electron chi connectivity index (χ2n) is 4.91. The minimum absolute atomic E-state index is 0.326. The van der Waals surface area contributed by atoms with Crippen molar-refractivity contribution in [3.63, 3.8) is 0 Å². The lowest BCUT2D eigenvalue weighted by Crippen LogP contribution is -2.22. The molecule has 0 heterocycles. The van der Waals surface area contributed by atoms with Gasteiger partial charge in [-0.05, 0) is 34.1 Å². The number of para-hydroxylation sites is 1. The van der Waals surface area contributed by atoms with Crippen LogP contribution in [0.3, 0.4) is 0 Å². The molecule has 0 aliphatic rings. The Kier molecular flexibility index (Phi) is 5.51. The molecule has 0 fully saturated rings. The molecule has 1 aromatic rings. The van der Waals surface area contributed by atoms with Crippen molar-refractivity contribution in [2.75, 3.05) is 13.4 Å². The Labute approximate surface area is 107 Å². The minimum Gasteiger partial charge on any atom is -0.466 e. The smallest absolute Gasteiger partial charge is 0.189 e. The zero-order valence-corrected chi connectivity index (χ0v) is 12.7. The fraction of sp³-hybridized carbons (Fsp3) is 0.500. The van der Waals surface area contributed by atoms with E-state index in [0.717, 1.165) is 16.8 Å². The van der Waals surface area contributed by atoms with E-state index in [0.29, 0.717) is 6.79 Å². The molecule has 0 aliphatic heterocycles. The van der Waals surface area contributed by atoms with Gasteiger partial charge in [0.15, 0.2) is 6.79 Å². The number of hydrogen-bond donors (Lipinski definition) is 0. The average Bonchev–Trinajstić information content (AvgIpc) is 2.18. The molecule has 0 amide bonds. The Morgan fingerprint density at radius 2 is 1.88 bits per heavy atom. The Morgan fingerprint density at radius 1 is 1.19 bits per heavy atom. The molecule has 0 saturated carbocycles. The first-order valence-electron chi connectivity index (χ1n) is 5.44. The zero-order valence-electron chi connectivity index (χ0n) is 10.1. The largest absolute Gasteiger partial charge is 0.466 e. The SMILES string of the molecule is C[Si](C)(C)CCOCOc1ccccc1Br. The third-order valence-corrected chi connectivity index (χ3v) is 4.49. The van der Waals surface area contributed by atoms with Crippen LogP contribution < -0.4 is 4.74 Å². The van der Waals surface area contributed by atoms with Gasteiger partial charge in [0.05, 0.1) is 4.47 Å². The summed E-state index contributed by atoms with van der Waals surface area (Å²) in [6, 6.07) is 8.96. The molecule has 0 bridgehead atoms. The van der Waals surface area contributed by atoms with E-state index in [1.165, 1.54) is 6.04 Å². The van der Waals surface area contributed by atoms with E-state index in [2.05, 4.69) is 35.6 Å². The summed E-state index contributed by atoms with van der Waals surface area (Å²) >= 11 is 3.42. The molecule has 1 aromatic carbocycles. The maximum atomic E-state index is 5.50. The van der Waals surface area contributed by atoms with Crippen LogP contribution in [0.2, 0.25) is 25.7 Å². The molecular formula is C12H19BrO2Si. The van der Waals surface area contributed by atoms with E-state index in [-0.39, 0.29) is 0 Å². The molecule has 1 rings (SSSR count). The lowest BCUT2D eigenvalue weighted by molar-refractivity contribution is 0.0216. The number of benzene rings is 1. The number of rotatable bonds is 6. The molecule has 16 heavy (non-hydrogen) atoms. The summed E-state index contributed by atoms with van der Waals surface area (Å²) in [6.07, 6.45) is 0. The maximum Gasteiger partial charge on any atom is 0.189 e. The van der Waals surface area contributed by atoms with Crippen LogP contribution in [0.4, 0.5) is 0 Å². The van der Waals surface area contributed by atoms with Crippen LogP contribution in [0.15, 0.2) is 28.7 Å². The normalized spacial score (nSPS) is 11.5. The van der Waals surface area contributed by atoms with Crippen molar-refractivity contribution in [2.45, 2.75) is 25.7 Å². The summed E-state index contributed by atoms with van der Waals surface area (Å²) in [6.45, 7) is 8.13. The fourth-order valence-electron chi connectivity index (χ4n) is 1.10. The van der Waals surface area contributed by atoms with Gasteiger partial charge >= 0.3 is 0 Å². The van der Waals surface area contributed by atoms with Crippen LogP contribution >= 0.6 is 15.9 Å². The monoisotopic (exact) mass is 302 g/mol. The Hall–Kier alpha value is -0.323. The number of halogens is 1. The first kappa shape index (κ1) is 13.7. The molecule has 4 heteroatoms. The first-order chi connectivity index (χ1) is 7.49. The Morgan fingerprint density at radius 3 is 2.50 bits per heavy atom. The van der Waals surface area contributed by atoms with Crippen molar-refractivity contribution in [3.05, 3.63) is 28.7 Å². The fourth-order valence-corrected chi connectivity index (χ4v) is 2.26. The third-order valence-electron chi connectivity index (χ3n) is 2.13. The van der Waals surface area contributed by atoms with Gasteiger partial charge < -0.3 is 9.47 Å². The topological polar surface area (TPSA) is 18.5 Å². The first-order valence-corrected chi connectivity index (χ1v) is 9.94. The van der Waals surface area contributed by atoms with E-state index in [4.69, 9.17) is 9.47 Å². The van der Waals surface area contributed by atoms with Crippen LogP contribution in [0.25, 0.3) is 0 Å². The Balaban J connectivity index is 2.19. The van der Waals surface area contributed by atoms with Crippen LogP contribution in [-0.2, 0) is 4.74 Å². The van der Waals surface area contributed by atoms with Crippen LogP contribution in [-0.4, -0.2) is 21.5 Å². The molecule has 0 aromatic heterocycles. The van der Waals surface area contributed by atoms with Crippen molar-refractivity contribution in [1.82, 2.24) is 0 Å². The van der Waals surface area contributed by atoms with E-state index in [9.17, 15) is 0 Å². The lowest BCUT2D eigenvalue weighted by Gasteiger charge is -2.15. The van der Waals surface area contributed by atoms with Crippen molar-refractivity contribution in [2.24, 2.45) is 0 Å². The molecule has 0 radical (unpaired) electrons. The highest BCUT2D eigenvalue weighted by Crippen LogP contribution is 2.23. The standard InChI is InChI=1S/C12H19BrO2Si/c1-16(2,3)9-8-14-10-15-12-7-5-4-6-11(12)13/h4-7H,8-10H2,1-3H3. The van der Waals surface area contributed by atoms with Crippen LogP contribution in [0, 0.1) is 0 Å². The predicted molar refractivity (Wildman–Crippen MR) is 73.7 cm³/mol. The summed E-state index contributed by atoms with van der Waals surface area (Å²) in [4.78, 5) is 0. The summed E-state index contributed by atoms with van der Waals surface area (Å²) < 4.78 is 11.9. The highest BCUT2D eigenvalue weighted by Gasteiger charge is 2.11. The van der Waals surface area contributed by atoms with Crippen molar-refractivity contribution >= 4 is 24.0 Å². The summed E-state index contributed by atoms with van der Waals surface area (Å²) in [5.74, 6) is 0.829. The number of ether oxygens (including phenoxy) is 2. The molecule has 0 saturated heterocycles. The third kappa shape index (κ3) is 5.68. The molecule has 0 spiro atoms. The minimum atomic E-state index is -0.987. The molecule has 0 aliphatic carbocycles. The molecular weight excluding hydrogens is 284 g/mol. The second kappa shape index (κ2) is 6.42. The van der Waals surface area contributed by atoms with Gasteiger partial charge in [0, 0.05) is 14.7 Å². The highest BCUT2D eigenvalue weighted by molar-refractivity contribution is 9.10. The van der Waals surface area contributed by atoms with Crippen molar-refractivity contribution < 1.29 is 9.47 Å². The summed E-state index contributed by atoms with van der Waals surface area (Å²) in [7, 11) is -0.987. The van der Waals surface area contributed by atoms with E-state index >= 15 is 0 Å². The van der Waals surface area contributed by atoms with Gasteiger partial charge in [0.1, 0.15) is 5.75 Å². The van der Waals surface area contributed by atoms with Crippen LogP contribution in [0.5, 0.6) is 5.75 Å². The van der Waals surface area contributed by atoms with Gasteiger partial charge in [0.25, 0.3) is 0 Å². The second-order valence-corrected chi connectivity index (χ2v) is 11.4. The lowest BCUT2D eigenvalue weighted by atomic mass is 10.3. The quantitative estimate of drug-likeness (QED) is 0.447. The highest BCUT2D eigenvalue weighted by atomic mass is 79.9. The molecule has 0 atom stereocenters. The van der Waals surface area contributed by atoms with Gasteiger partial charge in [-0.15, -0.1) is 0 Å². The van der Waals surface area contributed by atoms with E-state index in [1.54, 1.807) is 0 Å². The number of hydrogen-bond acceptors (Lipinski definition) is 2. The average molecular weight is 303 g/mol. The van der Waals surface area contributed by atoms with Crippen molar-refractivity contribution in [1.29, 1.82) is 0 Å². The van der Waals surface area contributed by atoms with Gasteiger partial charge in [0.2, 0.25) is 0 Å². The summed E-state index contributed by atoms with van der Waals surface area (Å²) in [5.41, 5.74) is 0. The van der Waals surface area contributed by atoms with E-state index < -0.39 is 8.07 Å². The summed E-state index contributed by atoms with van der Waals surface area (Å²) in [5, 5.41) is 0. The zero-order chi connectivity index (χ0) is 12.0. The molecule has 0 unspecified atom stereocenters. The van der Waals surface area contributed by atoms with Gasteiger partial charge in [-0.25, -0.2) is 0 Å². The van der Waals surface area contributed by atoms with Crippen molar-refractivity contribution in [3.8, 4) is 5.75 Å². The van der Waals surface area contributed by atoms with E-state index in [1.807, 2.05) is 24.3 Å². The van der Waals surface area contributed by atoms with Crippen LogP contribution in [0.1, 0.15) is 0 Å². The van der Waals surface area contributed by atoms with Gasteiger partial charge in [-0.1, -0.05) is 31.8 Å². The van der Waals surface area contributed by atoms with Gasteiger partial charge in [-0.3, -0.25) is 0 Å². The molecule has 2 nitrogen and oxygen atoms in total. The molecule has 0 N–H and O–H groups in total. The Bertz CT molecular complexity index is 323. The predicted octanol–water partition coefficient (Wildman–Crippen LogP) is 4.14. The van der Waals surface area contributed by atoms with Gasteiger partial charge in [-0.2, -0.15) is 0 Å².